The lowest BCUT2D eigenvalue weighted by Gasteiger charge is -2.09. The van der Waals surface area contributed by atoms with Crippen molar-refractivity contribution in [1.29, 1.82) is 0 Å². The number of carbonyl (C=O) groups is 1. The number of nitrogens with one attached hydrogen (secondary N) is 3. The molecule has 0 aliphatic rings. The maximum absolute atomic E-state index is 12.6. The van der Waals surface area contributed by atoms with Crippen LogP contribution in [-0.4, -0.2) is 36.1 Å². The zero-order valence-corrected chi connectivity index (χ0v) is 15.6. The van der Waals surface area contributed by atoms with E-state index in [4.69, 9.17) is 11.6 Å². The molecule has 0 radical (unpaired) electrons. The maximum Gasteiger partial charge on any atom is 0.279 e. The zero-order chi connectivity index (χ0) is 19.3. The number of pyridine rings is 1. The van der Waals surface area contributed by atoms with Gasteiger partial charge >= 0.3 is 0 Å². The van der Waals surface area contributed by atoms with E-state index in [1.807, 2.05) is 12.1 Å². The molecule has 8 nitrogen and oxygen atoms in total. The zero-order valence-electron chi connectivity index (χ0n) is 14.0. The van der Waals surface area contributed by atoms with E-state index in [0.717, 1.165) is 5.69 Å². The summed E-state index contributed by atoms with van der Waals surface area (Å²) >= 11 is 5.79. The fraction of sp³-hybridized carbons (Fsp3) is 0.118. The van der Waals surface area contributed by atoms with Crippen LogP contribution < -0.4 is 10.0 Å². The molecule has 1 amide bonds. The molecule has 2 aromatic heterocycles. The minimum absolute atomic E-state index is 0.0718. The van der Waals surface area contributed by atoms with Crippen molar-refractivity contribution < 1.29 is 13.2 Å². The number of aromatic amines is 1. The van der Waals surface area contributed by atoms with Gasteiger partial charge in [-0.2, -0.15) is 13.5 Å². The second-order valence-electron chi connectivity index (χ2n) is 5.55. The van der Waals surface area contributed by atoms with Gasteiger partial charge in [-0.25, -0.2) is 0 Å². The monoisotopic (exact) mass is 405 g/mol. The first-order valence-electron chi connectivity index (χ1n) is 7.95. The van der Waals surface area contributed by atoms with Gasteiger partial charge in [0.1, 0.15) is 0 Å². The molecule has 0 saturated heterocycles. The minimum Gasteiger partial charge on any atom is -0.352 e. The Morgan fingerprint density at radius 3 is 2.63 bits per heavy atom. The molecule has 0 atom stereocenters. The highest BCUT2D eigenvalue weighted by Crippen LogP contribution is 2.19. The number of amides is 1. The smallest absolute Gasteiger partial charge is 0.279 e. The average molecular weight is 406 g/mol. The molecule has 3 rings (SSSR count). The number of hydrogen-bond donors (Lipinski definition) is 3. The van der Waals surface area contributed by atoms with Crippen LogP contribution in [0.2, 0.25) is 5.02 Å². The van der Waals surface area contributed by atoms with Crippen LogP contribution in [0.3, 0.4) is 0 Å². The predicted octanol–water partition coefficient (Wildman–Crippen LogP) is 2.23. The van der Waals surface area contributed by atoms with E-state index < -0.39 is 15.9 Å². The van der Waals surface area contributed by atoms with Crippen LogP contribution in [0.25, 0.3) is 0 Å². The molecule has 10 heteroatoms. The molecule has 3 aromatic rings. The van der Waals surface area contributed by atoms with Gasteiger partial charge < -0.3 is 5.32 Å². The van der Waals surface area contributed by atoms with Crippen LogP contribution in [0, 0.1) is 0 Å². The Morgan fingerprint density at radius 2 is 1.93 bits per heavy atom. The molecule has 0 aliphatic heterocycles. The van der Waals surface area contributed by atoms with Crippen LogP contribution in [-0.2, 0) is 16.4 Å². The molecule has 0 aliphatic carbocycles. The second-order valence-corrected chi connectivity index (χ2v) is 7.61. The standard InChI is InChI=1S/C17H16ClN5O3S/c18-12-4-6-14(7-5-12)23-27(25,26)17-15(11-21-22-17)16(24)20-10-8-13-3-1-2-9-19-13/h1-7,9,11,23H,8,10H2,(H,20,24)(H,21,22). The van der Waals surface area contributed by atoms with Crippen molar-refractivity contribution in [3.8, 4) is 0 Å². The summed E-state index contributed by atoms with van der Waals surface area (Å²) in [5.74, 6) is -0.545. The Balaban J connectivity index is 1.68. The molecule has 2 heterocycles. The molecule has 27 heavy (non-hydrogen) atoms. The second kappa shape index (κ2) is 8.19. The van der Waals surface area contributed by atoms with Crippen LogP contribution in [0.1, 0.15) is 16.1 Å². The fourth-order valence-corrected chi connectivity index (χ4v) is 3.59. The highest BCUT2D eigenvalue weighted by molar-refractivity contribution is 7.92. The van der Waals surface area contributed by atoms with E-state index >= 15 is 0 Å². The van der Waals surface area contributed by atoms with Crippen LogP contribution in [0.15, 0.2) is 59.9 Å². The number of anilines is 1. The summed E-state index contributed by atoms with van der Waals surface area (Å²) in [4.78, 5) is 16.5. The number of sulfonamides is 1. The van der Waals surface area contributed by atoms with Gasteiger partial charge in [-0.05, 0) is 36.4 Å². The van der Waals surface area contributed by atoms with Gasteiger partial charge in [-0.15, -0.1) is 0 Å². The van der Waals surface area contributed by atoms with Crippen molar-refractivity contribution in [2.45, 2.75) is 11.4 Å². The van der Waals surface area contributed by atoms with Crippen molar-refractivity contribution in [2.75, 3.05) is 11.3 Å². The van der Waals surface area contributed by atoms with Gasteiger partial charge in [0.15, 0.2) is 5.03 Å². The van der Waals surface area contributed by atoms with Crippen molar-refractivity contribution in [2.24, 2.45) is 0 Å². The molecular formula is C17H16ClN5O3S. The van der Waals surface area contributed by atoms with Crippen molar-refractivity contribution in [3.05, 3.63) is 71.1 Å². The summed E-state index contributed by atoms with van der Waals surface area (Å²) in [6.45, 7) is 0.311. The predicted molar refractivity (Wildman–Crippen MR) is 101 cm³/mol. The molecule has 0 saturated carbocycles. The van der Waals surface area contributed by atoms with Crippen molar-refractivity contribution in [1.82, 2.24) is 20.5 Å². The highest BCUT2D eigenvalue weighted by Gasteiger charge is 2.25. The number of hydrogen-bond acceptors (Lipinski definition) is 5. The number of carbonyl (C=O) groups excluding carboxylic acids is 1. The van der Waals surface area contributed by atoms with Gasteiger partial charge in [0.05, 0.1) is 11.8 Å². The SMILES string of the molecule is O=C(NCCc1ccccn1)c1cn[nH]c1S(=O)(=O)Nc1ccc(Cl)cc1. The number of H-pyrrole nitrogens is 1. The Hall–Kier alpha value is -2.91. The summed E-state index contributed by atoms with van der Waals surface area (Å²) in [5, 5.41) is 8.90. The summed E-state index contributed by atoms with van der Waals surface area (Å²) in [7, 11) is -4.02. The lowest BCUT2D eigenvalue weighted by atomic mass is 10.2. The van der Waals surface area contributed by atoms with Gasteiger partial charge in [-0.1, -0.05) is 17.7 Å². The van der Waals surface area contributed by atoms with E-state index in [0.29, 0.717) is 23.7 Å². The molecule has 0 spiro atoms. The Labute approximate surface area is 161 Å². The average Bonchev–Trinajstić information content (AvgIpc) is 3.15. The van der Waals surface area contributed by atoms with Crippen LogP contribution in [0.5, 0.6) is 0 Å². The Bertz CT molecular complexity index is 1020. The summed E-state index contributed by atoms with van der Waals surface area (Å²) in [6, 6.07) is 11.6. The third kappa shape index (κ3) is 4.83. The minimum atomic E-state index is -4.02. The first-order valence-corrected chi connectivity index (χ1v) is 9.82. The first kappa shape index (κ1) is 18.9. The fourth-order valence-electron chi connectivity index (χ4n) is 2.31. The largest absolute Gasteiger partial charge is 0.352 e. The van der Waals surface area contributed by atoms with E-state index in [2.05, 4.69) is 25.2 Å². The van der Waals surface area contributed by atoms with Gasteiger partial charge in [0.25, 0.3) is 15.9 Å². The van der Waals surface area contributed by atoms with Crippen molar-refractivity contribution in [3.63, 3.8) is 0 Å². The molecule has 3 N–H and O–H groups in total. The number of benzene rings is 1. The van der Waals surface area contributed by atoms with Crippen molar-refractivity contribution >= 4 is 33.2 Å². The first-order chi connectivity index (χ1) is 13.0. The number of halogens is 1. The number of aromatic nitrogens is 3. The van der Waals surface area contributed by atoms with E-state index in [-0.39, 0.29) is 10.6 Å². The van der Waals surface area contributed by atoms with E-state index in [1.54, 1.807) is 24.4 Å². The highest BCUT2D eigenvalue weighted by atomic mass is 35.5. The quantitative estimate of drug-likeness (QED) is 0.557. The van der Waals surface area contributed by atoms with Gasteiger partial charge in [0, 0.05) is 35.6 Å². The van der Waals surface area contributed by atoms with Gasteiger partial charge in [-0.3, -0.25) is 19.6 Å². The molecule has 1 aromatic carbocycles. The van der Waals surface area contributed by atoms with Crippen LogP contribution in [0.4, 0.5) is 5.69 Å². The van der Waals surface area contributed by atoms with Gasteiger partial charge in [0.2, 0.25) is 0 Å². The third-order valence-electron chi connectivity index (χ3n) is 3.61. The molecule has 0 bridgehead atoms. The van der Waals surface area contributed by atoms with E-state index in [1.165, 1.54) is 18.3 Å². The summed E-state index contributed by atoms with van der Waals surface area (Å²) in [5.41, 5.74) is 1.07. The summed E-state index contributed by atoms with van der Waals surface area (Å²) in [6.07, 6.45) is 3.36. The number of rotatable bonds is 7. The maximum atomic E-state index is 12.6. The third-order valence-corrected chi connectivity index (χ3v) is 5.21. The number of nitrogens with zero attached hydrogens (tertiary/aromatic N) is 2. The molecule has 0 unspecified atom stereocenters. The van der Waals surface area contributed by atoms with E-state index in [9.17, 15) is 13.2 Å². The normalized spacial score (nSPS) is 11.1. The molecule has 140 valence electrons. The summed E-state index contributed by atoms with van der Waals surface area (Å²) < 4.78 is 27.5. The Kier molecular flexibility index (Phi) is 5.72. The van der Waals surface area contributed by atoms with Crippen LogP contribution >= 0.6 is 11.6 Å². The lowest BCUT2D eigenvalue weighted by molar-refractivity contribution is 0.0951. The lowest BCUT2D eigenvalue weighted by Crippen LogP contribution is -2.27. The Morgan fingerprint density at radius 1 is 1.15 bits per heavy atom. The molecule has 0 fully saturated rings. The molecular weight excluding hydrogens is 390 g/mol. The topological polar surface area (TPSA) is 117 Å².